The van der Waals surface area contributed by atoms with E-state index in [2.05, 4.69) is 15.1 Å². The topological polar surface area (TPSA) is 82.5 Å². The standard InChI is InChI=1S/C18H16N6/c1-11-3-5-20-10-13(11)16-8-14(19)18-17(22-16)7-12(9-21-18)15-4-6-24(2)23-15/h3-10H,1-2H3,(H2,19,22). The summed E-state index contributed by atoms with van der Waals surface area (Å²) < 4.78 is 1.76. The smallest absolute Gasteiger partial charge is 0.112 e. The highest BCUT2D eigenvalue weighted by Gasteiger charge is 2.11. The minimum absolute atomic E-state index is 0.603. The Morgan fingerprint density at radius 2 is 1.96 bits per heavy atom. The van der Waals surface area contributed by atoms with Crippen LogP contribution in [0.15, 0.2) is 49.1 Å². The first-order valence-corrected chi connectivity index (χ1v) is 7.59. The van der Waals surface area contributed by atoms with Gasteiger partial charge in [0.25, 0.3) is 0 Å². The van der Waals surface area contributed by atoms with Crippen molar-refractivity contribution in [3.05, 3.63) is 54.6 Å². The number of nitrogens with two attached hydrogens (primary N) is 1. The highest BCUT2D eigenvalue weighted by Crippen LogP contribution is 2.28. The van der Waals surface area contributed by atoms with Gasteiger partial charge in [-0.2, -0.15) is 5.10 Å². The maximum absolute atomic E-state index is 6.19. The van der Waals surface area contributed by atoms with Crippen LogP contribution in [0.2, 0.25) is 0 Å². The van der Waals surface area contributed by atoms with Gasteiger partial charge in [-0.25, -0.2) is 4.98 Å². The molecule has 24 heavy (non-hydrogen) atoms. The fraction of sp³-hybridized carbons (Fsp3) is 0.111. The van der Waals surface area contributed by atoms with Crippen LogP contribution in [-0.2, 0) is 7.05 Å². The molecule has 118 valence electrons. The largest absolute Gasteiger partial charge is 0.397 e. The molecule has 0 aliphatic carbocycles. The number of hydrogen-bond acceptors (Lipinski definition) is 5. The Bertz CT molecular complexity index is 1050. The number of aryl methyl sites for hydroxylation is 2. The summed E-state index contributed by atoms with van der Waals surface area (Å²) in [5, 5.41) is 4.41. The van der Waals surface area contributed by atoms with E-state index in [4.69, 9.17) is 10.7 Å². The molecule has 0 atom stereocenters. The Kier molecular flexibility index (Phi) is 3.23. The molecular weight excluding hydrogens is 300 g/mol. The van der Waals surface area contributed by atoms with Crippen LogP contribution in [-0.4, -0.2) is 24.7 Å². The summed E-state index contributed by atoms with van der Waals surface area (Å²) in [6.07, 6.45) is 7.25. The molecule has 6 nitrogen and oxygen atoms in total. The highest BCUT2D eigenvalue weighted by molar-refractivity contribution is 5.91. The summed E-state index contributed by atoms with van der Waals surface area (Å²) in [6.45, 7) is 2.03. The third kappa shape index (κ3) is 2.38. The first-order valence-electron chi connectivity index (χ1n) is 7.59. The van der Waals surface area contributed by atoms with Crippen molar-refractivity contribution in [1.29, 1.82) is 0 Å². The van der Waals surface area contributed by atoms with Gasteiger partial charge in [0.1, 0.15) is 5.52 Å². The maximum Gasteiger partial charge on any atom is 0.112 e. The number of rotatable bonds is 2. The second kappa shape index (κ2) is 5.42. The van der Waals surface area contributed by atoms with Gasteiger partial charge >= 0.3 is 0 Å². The van der Waals surface area contributed by atoms with Crippen molar-refractivity contribution in [2.24, 2.45) is 7.05 Å². The van der Waals surface area contributed by atoms with Crippen molar-refractivity contribution in [2.75, 3.05) is 5.73 Å². The number of nitrogen functional groups attached to an aromatic ring is 1. The molecule has 4 aromatic heterocycles. The van der Waals surface area contributed by atoms with Crippen molar-refractivity contribution in [1.82, 2.24) is 24.7 Å². The van der Waals surface area contributed by atoms with Crippen molar-refractivity contribution in [3.8, 4) is 22.5 Å². The first kappa shape index (κ1) is 14.3. The van der Waals surface area contributed by atoms with E-state index in [1.807, 2.05) is 44.4 Å². The fourth-order valence-electron chi connectivity index (χ4n) is 2.72. The maximum atomic E-state index is 6.19. The Labute approximate surface area is 139 Å². The van der Waals surface area contributed by atoms with Gasteiger partial charge in [0, 0.05) is 43.0 Å². The highest BCUT2D eigenvalue weighted by atomic mass is 15.2. The normalized spacial score (nSPS) is 11.1. The van der Waals surface area contributed by atoms with Crippen LogP contribution >= 0.6 is 0 Å². The van der Waals surface area contributed by atoms with Gasteiger partial charge in [0.15, 0.2) is 0 Å². The first-order chi connectivity index (χ1) is 11.6. The lowest BCUT2D eigenvalue weighted by molar-refractivity contribution is 0.771. The van der Waals surface area contributed by atoms with Crippen LogP contribution in [0.1, 0.15) is 5.56 Å². The Hall–Kier alpha value is -3.28. The number of hydrogen-bond donors (Lipinski definition) is 1. The van der Waals surface area contributed by atoms with Crippen molar-refractivity contribution >= 4 is 16.7 Å². The summed E-state index contributed by atoms with van der Waals surface area (Å²) in [7, 11) is 1.89. The number of nitrogens with zero attached hydrogens (tertiary/aromatic N) is 5. The zero-order valence-electron chi connectivity index (χ0n) is 13.4. The Balaban J connectivity index is 1.91. The van der Waals surface area contributed by atoms with Crippen molar-refractivity contribution in [3.63, 3.8) is 0 Å². The SMILES string of the molecule is Cc1ccncc1-c1cc(N)c2ncc(-c3ccn(C)n3)cc2n1. The van der Waals surface area contributed by atoms with Crippen LogP contribution < -0.4 is 5.73 Å². The minimum atomic E-state index is 0.603. The Morgan fingerprint density at radius 1 is 1.08 bits per heavy atom. The number of anilines is 1. The molecule has 6 heteroatoms. The number of pyridine rings is 3. The summed E-state index contributed by atoms with van der Waals surface area (Å²) >= 11 is 0. The second-order valence-electron chi connectivity index (χ2n) is 5.75. The van der Waals surface area contributed by atoms with Gasteiger partial charge in [-0.15, -0.1) is 0 Å². The molecule has 0 spiro atoms. The van der Waals surface area contributed by atoms with E-state index in [-0.39, 0.29) is 0 Å². The molecular formula is C18H16N6. The molecule has 0 aromatic carbocycles. The van der Waals surface area contributed by atoms with E-state index in [0.717, 1.165) is 33.6 Å². The molecule has 0 amide bonds. The molecule has 2 N–H and O–H groups in total. The lowest BCUT2D eigenvalue weighted by Crippen LogP contribution is -1.97. The summed E-state index contributed by atoms with van der Waals surface area (Å²) in [5.41, 5.74) is 12.9. The van der Waals surface area contributed by atoms with Gasteiger partial charge in [-0.1, -0.05) is 0 Å². The zero-order valence-corrected chi connectivity index (χ0v) is 13.4. The summed E-state index contributed by atoms with van der Waals surface area (Å²) in [4.78, 5) is 13.4. The van der Waals surface area contributed by atoms with Crippen LogP contribution in [0.25, 0.3) is 33.5 Å². The number of fused-ring (bicyclic) bond motifs is 1. The molecule has 4 aromatic rings. The molecule has 0 saturated heterocycles. The fourth-order valence-corrected chi connectivity index (χ4v) is 2.72. The molecule has 0 aliphatic rings. The van der Waals surface area contributed by atoms with E-state index < -0.39 is 0 Å². The van der Waals surface area contributed by atoms with E-state index in [0.29, 0.717) is 11.2 Å². The molecule has 0 aliphatic heterocycles. The quantitative estimate of drug-likeness (QED) is 0.615. The van der Waals surface area contributed by atoms with Crippen molar-refractivity contribution in [2.45, 2.75) is 6.92 Å². The van der Waals surface area contributed by atoms with E-state index in [9.17, 15) is 0 Å². The minimum Gasteiger partial charge on any atom is -0.397 e. The summed E-state index contributed by atoms with van der Waals surface area (Å²) in [5.74, 6) is 0. The van der Waals surface area contributed by atoms with Gasteiger partial charge in [-0.05, 0) is 36.8 Å². The van der Waals surface area contributed by atoms with Crippen molar-refractivity contribution < 1.29 is 0 Å². The predicted molar refractivity (Wildman–Crippen MR) is 94.1 cm³/mol. The van der Waals surface area contributed by atoms with E-state index >= 15 is 0 Å². The van der Waals surface area contributed by atoms with Crippen LogP contribution in [0.5, 0.6) is 0 Å². The monoisotopic (exact) mass is 316 g/mol. The van der Waals surface area contributed by atoms with Crippen LogP contribution in [0.4, 0.5) is 5.69 Å². The molecule has 4 rings (SSSR count). The van der Waals surface area contributed by atoms with Gasteiger partial charge in [-0.3, -0.25) is 14.6 Å². The number of aromatic nitrogens is 5. The molecule has 0 radical (unpaired) electrons. The molecule has 0 fully saturated rings. The third-order valence-corrected chi connectivity index (χ3v) is 4.00. The zero-order chi connectivity index (χ0) is 16.7. The third-order valence-electron chi connectivity index (χ3n) is 4.00. The Morgan fingerprint density at radius 3 is 2.71 bits per heavy atom. The van der Waals surface area contributed by atoms with E-state index in [1.54, 1.807) is 23.3 Å². The average Bonchev–Trinajstić information content (AvgIpc) is 3.01. The second-order valence-corrected chi connectivity index (χ2v) is 5.75. The lowest BCUT2D eigenvalue weighted by Gasteiger charge is -2.08. The van der Waals surface area contributed by atoms with Crippen LogP contribution in [0.3, 0.4) is 0 Å². The lowest BCUT2D eigenvalue weighted by atomic mass is 10.1. The van der Waals surface area contributed by atoms with Gasteiger partial charge in [0.2, 0.25) is 0 Å². The van der Waals surface area contributed by atoms with Crippen LogP contribution in [0, 0.1) is 6.92 Å². The van der Waals surface area contributed by atoms with E-state index in [1.165, 1.54) is 0 Å². The molecule has 4 heterocycles. The summed E-state index contributed by atoms with van der Waals surface area (Å²) in [6, 6.07) is 7.72. The molecule has 0 saturated carbocycles. The molecule has 0 unspecified atom stereocenters. The average molecular weight is 316 g/mol. The van der Waals surface area contributed by atoms with Gasteiger partial charge < -0.3 is 5.73 Å². The predicted octanol–water partition coefficient (Wildman–Crippen LogP) is 2.98. The van der Waals surface area contributed by atoms with Gasteiger partial charge in [0.05, 0.1) is 22.6 Å². The molecule has 0 bridgehead atoms.